The van der Waals surface area contributed by atoms with Crippen LogP contribution in [0, 0.1) is 5.92 Å². The number of guanidine groups is 1. The van der Waals surface area contributed by atoms with Crippen LogP contribution in [0.25, 0.3) is 0 Å². The highest BCUT2D eigenvalue weighted by molar-refractivity contribution is 14.0. The molecule has 0 bridgehead atoms. The molecule has 0 aromatic heterocycles. The minimum absolute atomic E-state index is 0. The molecule has 2 N–H and O–H groups in total. The molecule has 1 aromatic rings. The molecule has 1 rings (SSSR count). The lowest BCUT2D eigenvalue weighted by Crippen LogP contribution is -2.39. The van der Waals surface area contributed by atoms with E-state index in [-0.39, 0.29) is 24.0 Å². The van der Waals surface area contributed by atoms with E-state index in [0.717, 1.165) is 50.0 Å². The Morgan fingerprint density at radius 1 is 1.17 bits per heavy atom. The van der Waals surface area contributed by atoms with Crippen LogP contribution in [0.2, 0.25) is 0 Å². The largest absolute Gasteiger partial charge is 0.497 e. The summed E-state index contributed by atoms with van der Waals surface area (Å²) in [7, 11) is 1.67. The van der Waals surface area contributed by atoms with Gasteiger partial charge in [-0.3, -0.25) is 0 Å². The lowest BCUT2D eigenvalue weighted by molar-refractivity contribution is 0.145. The van der Waals surface area contributed by atoms with Crippen molar-refractivity contribution in [1.29, 1.82) is 0 Å². The monoisotopic (exact) mass is 449 g/mol. The van der Waals surface area contributed by atoms with E-state index in [1.807, 2.05) is 31.2 Å². The van der Waals surface area contributed by atoms with Crippen molar-refractivity contribution in [1.82, 2.24) is 10.6 Å². The summed E-state index contributed by atoms with van der Waals surface area (Å²) < 4.78 is 10.5. The third-order valence-corrected chi connectivity index (χ3v) is 3.22. The molecular weight excluding hydrogens is 417 g/mol. The van der Waals surface area contributed by atoms with Crippen molar-refractivity contribution in [3.05, 3.63) is 29.8 Å². The Labute approximate surface area is 163 Å². The molecule has 0 atom stereocenters. The number of hydrogen-bond donors (Lipinski definition) is 2. The number of rotatable bonds is 10. The molecule has 0 fully saturated rings. The molecule has 0 saturated heterocycles. The number of ether oxygens (including phenoxy) is 2. The SMILES string of the molecule is CCOCCCNC(=NCc1ccc(OC)cc1)NCC(C)C.I. The summed E-state index contributed by atoms with van der Waals surface area (Å²) in [5.74, 6) is 2.29. The minimum atomic E-state index is 0. The lowest BCUT2D eigenvalue weighted by atomic mass is 10.2. The van der Waals surface area contributed by atoms with Gasteiger partial charge in [0.1, 0.15) is 5.75 Å². The molecule has 0 radical (unpaired) electrons. The molecule has 1 aromatic carbocycles. The Kier molecular flexibility index (Phi) is 13.7. The first-order chi connectivity index (χ1) is 11.2. The first kappa shape index (κ1) is 23.0. The molecule has 6 heteroatoms. The third-order valence-electron chi connectivity index (χ3n) is 3.22. The highest BCUT2D eigenvalue weighted by Crippen LogP contribution is 2.11. The first-order valence-electron chi connectivity index (χ1n) is 8.38. The molecule has 0 aliphatic heterocycles. The zero-order chi connectivity index (χ0) is 16.9. The van der Waals surface area contributed by atoms with Gasteiger partial charge in [0.15, 0.2) is 5.96 Å². The molecule has 0 unspecified atom stereocenters. The van der Waals surface area contributed by atoms with Crippen molar-refractivity contribution in [2.75, 3.05) is 33.4 Å². The maximum Gasteiger partial charge on any atom is 0.191 e. The van der Waals surface area contributed by atoms with Crippen LogP contribution in [0.4, 0.5) is 0 Å². The van der Waals surface area contributed by atoms with Crippen LogP contribution in [-0.2, 0) is 11.3 Å². The van der Waals surface area contributed by atoms with Crippen LogP contribution in [0.1, 0.15) is 32.8 Å². The summed E-state index contributed by atoms with van der Waals surface area (Å²) in [5, 5.41) is 6.74. The van der Waals surface area contributed by atoms with Gasteiger partial charge in [0.2, 0.25) is 0 Å². The normalized spacial score (nSPS) is 11.1. The fraction of sp³-hybridized carbons (Fsp3) is 0.611. The van der Waals surface area contributed by atoms with Gasteiger partial charge in [-0.1, -0.05) is 26.0 Å². The Morgan fingerprint density at radius 3 is 2.46 bits per heavy atom. The summed E-state index contributed by atoms with van der Waals surface area (Å²) >= 11 is 0. The van der Waals surface area contributed by atoms with Gasteiger partial charge in [0.05, 0.1) is 13.7 Å². The van der Waals surface area contributed by atoms with Crippen molar-refractivity contribution in [3.8, 4) is 5.75 Å². The maximum atomic E-state index is 5.35. The highest BCUT2D eigenvalue weighted by atomic mass is 127. The number of aliphatic imine (C=N–C) groups is 1. The predicted octanol–water partition coefficient (Wildman–Crippen LogP) is 3.43. The number of benzene rings is 1. The fourth-order valence-corrected chi connectivity index (χ4v) is 1.90. The van der Waals surface area contributed by atoms with E-state index in [1.54, 1.807) is 7.11 Å². The van der Waals surface area contributed by atoms with Gasteiger partial charge in [0, 0.05) is 26.3 Å². The fourth-order valence-electron chi connectivity index (χ4n) is 1.90. The topological polar surface area (TPSA) is 54.9 Å². The Morgan fingerprint density at radius 2 is 1.88 bits per heavy atom. The van der Waals surface area contributed by atoms with E-state index < -0.39 is 0 Å². The summed E-state index contributed by atoms with van der Waals surface area (Å²) in [6, 6.07) is 8.00. The number of nitrogens with one attached hydrogen (secondary N) is 2. The van der Waals surface area contributed by atoms with Crippen LogP contribution < -0.4 is 15.4 Å². The number of hydrogen-bond acceptors (Lipinski definition) is 3. The predicted molar refractivity (Wildman–Crippen MR) is 112 cm³/mol. The number of halogens is 1. The smallest absolute Gasteiger partial charge is 0.191 e. The van der Waals surface area contributed by atoms with Crippen LogP contribution in [-0.4, -0.2) is 39.4 Å². The van der Waals surface area contributed by atoms with Crippen LogP contribution in [0.3, 0.4) is 0 Å². The second kappa shape index (κ2) is 14.3. The molecule has 5 nitrogen and oxygen atoms in total. The number of nitrogens with zero attached hydrogens (tertiary/aromatic N) is 1. The lowest BCUT2D eigenvalue weighted by Gasteiger charge is -2.14. The van der Waals surface area contributed by atoms with Gasteiger partial charge in [-0.15, -0.1) is 24.0 Å². The van der Waals surface area contributed by atoms with Crippen molar-refractivity contribution >= 4 is 29.9 Å². The minimum Gasteiger partial charge on any atom is -0.497 e. The van der Waals surface area contributed by atoms with E-state index in [0.29, 0.717) is 12.5 Å². The Balaban J connectivity index is 0.00000529. The first-order valence-corrected chi connectivity index (χ1v) is 8.38. The van der Waals surface area contributed by atoms with E-state index in [9.17, 15) is 0 Å². The van der Waals surface area contributed by atoms with Gasteiger partial charge >= 0.3 is 0 Å². The molecule has 138 valence electrons. The molecule has 24 heavy (non-hydrogen) atoms. The molecular formula is C18H32IN3O2. The number of methoxy groups -OCH3 is 1. The third kappa shape index (κ3) is 10.7. The highest BCUT2D eigenvalue weighted by Gasteiger charge is 2.01. The molecule has 0 heterocycles. The van der Waals surface area contributed by atoms with Gasteiger partial charge in [0.25, 0.3) is 0 Å². The summed E-state index contributed by atoms with van der Waals surface area (Å²) in [4.78, 5) is 4.65. The van der Waals surface area contributed by atoms with Gasteiger partial charge in [-0.05, 0) is 37.0 Å². The van der Waals surface area contributed by atoms with E-state index in [2.05, 4.69) is 29.5 Å². The molecule has 0 spiro atoms. The average molecular weight is 449 g/mol. The molecule has 0 aliphatic carbocycles. The van der Waals surface area contributed by atoms with Gasteiger partial charge < -0.3 is 20.1 Å². The van der Waals surface area contributed by atoms with Crippen molar-refractivity contribution in [2.45, 2.75) is 33.7 Å². The van der Waals surface area contributed by atoms with Crippen molar-refractivity contribution in [3.63, 3.8) is 0 Å². The quantitative estimate of drug-likeness (QED) is 0.249. The second-order valence-electron chi connectivity index (χ2n) is 5.76. The maximum absolute atomic E-state index is 5.35. The standard InChI is InChI=1S/C18H31N3O2.HI/c1-5-23-12-6-11-19-18(20-13-15(2)3)21-14-16-7-9-17(22-4)10-8-16;/h7-10,15H,5-6,11-14H2,1-4H3,(H2,19,20,21);1H. The molecule has 0 aliphatic rings. The summed E-state index contributed by atoms with van der Waals surface area (Å²) in [6.45, 7) is 10.3. The second-order valence-corrected chi connectivity index (χ2v) is 5.76. The average Bonchev–Trinajstić information content (AvgIpc) is 2.56. The zero-order valence-electron chi connectivity index (χ0n) is 15.3. The molecule has 0 saturated carbocycles. The Hall–Kier alpha value is -1.02. The van der Waals surface area contributed by atoms with Gasteiger partial charge in [-0.2, -0.15) is 0 Å². The van der Waals surface area contributed by atoms with Crippen LogP contribution >= 0.6 is 24.0 Å². The van der Waals surface area contributed by atoms with Crippen LogP contribution in [0.15, 0.2) is 29.3 Å². The summed E-state index contributed by atoms with van der Waals surface area (Å²) in [5.41, 5.74) is 1.16. The van der Waals surface area contributed by atoms with Crippen molar-refractivity contribution in [2.24, 2.45) is 10.9 Å². The zero-order valence-corrected chi connectivity index (χ0v) is 17.6. The van der Waals surface area contributed by atoms with Crippen molar-refractivity contribution < 1.29 is 9.47 Å². The Bertz CT molecular complexity index is 450. The van der Waals surface area contributed by atoms with Gasteiger partial charge in [-0.25, -0.2) is 4.99 Å². The van der Waals surface area contributed by atoms with E-state index >= 15 is 0 Å². The summed E-state index contributed by atoms with van der Waals surface area (Å²) in [6.07, 6.45) is 0.971. The molecule has 0 amide bonds. The van der Waals surface area contributed by atoms with E-state index in [1.165, 1.54) is 0 Å². The van der Waals surface area contributed by atoms with Crippen LogP contribution in [0.5, 0.6) is 5.75 Å². The van der Waals surface area contributed by atoms with E-state index in [4.69, 9.17) is 9.47 Å².